The maximum atomic E-state index is 5.40. The van der Waals surface area contributed by atoms with Crippen LogP contribution in [0.15, 0.2) is 18.6 Å². The summed E-state index contributed by atoms with van der Waals surface area (Å²) < 4.78 is 5.40. The lowest BCUT2D eigenvalue weighted by molar-refractivity contribution is 0.114. The van der Waals surface area contributed by atoms with Crippen LogP contribution in [-0.2, 0) is 4.74 Å². The summed E-state index contributed by atoms with van der Waals surface area (Å²) in [6, 6.07) is 0. The van der Waals surface area contributed by atoms with Gasteiger partial charge in [-0.05, 0) is 19.3 Å². The first-order valence-electron chi connectivity index (χ1n) is 3.98. The van der Waals surface area contributed by atoms with Gasteiger partial charge in [0.15, 0.2) is 0 Å². The average Bonchev–Trinajstić information content (AvgIpc) is 2.03. The number of ether oxygens (including phenoxy) is 1. The maximum absolute atomic E-state index is 5.40. The Labute approximate surface area is 76.3 Å². The molecule has 1 saturated carbocycles. The summed E-state index contributed by atoms with van der Waals surface area (Å²) >= 11 is 3.59. The van der Waals surface area contributed by atoms with E-state index in [1.54, 1.807) is 6.26 Å². The molecule has 0 unspecified atom stereocenters. The highest BCUT2D eigenvalue weighted by Crippen LogP contribution is 2.26. The Bertz CT molecular complexity index is 161. The van der Waals surface area contributed by atoms with Gasteiger partial charge in [0.25, 0.3) is 0 Å². The molecule has 2 atom stereocenters. The highest BCUT2D eigenvalue weighted by Gasteiger charge is 2.22. The standard InChI is InChI=1S/C9H13BrO/c1-2-7-11-9-6-4-3-5-8(9)10/h7-9H,1,3-6H2/t8-,9-/m1/s1. The SMILES string of the molecule is C=C=CO[C@@H]1CCCC[C@H]1Br. The van der Waals surface area contributed by atoms with Crippen LogP contribution in [0.4, 0.5) is 0 Å². The van der Waals surface area contributed by atoms with Crippen molar-refractivity contribution in [1.82, 2.24) is 0 Å². The lowest BCUT2D eigenvalue weighted by Gasteiger charge is -2.25. The minimum atomic E-state index is 0.331. The van der Waals surface area contributed by atoms with Gasteiger partial charge in [-0.25, -0.2) is 0 Å². The summed E-state index contributed by atoms with van der Waals surface area (Å²) in [4.78, 5) is 0.515. The van der Waals surface area contributed by atoms with Crippen LogP contribution in [0, 0.1) is 0 Å². The lowest BCUT2D eigenvalue weighted by atomic mass is 9.98. The second kappa shape index (κ2) is 4.63. The number of rotatable bonds is 2. The Balaban J connectivity index is 2.35. The summed E-state index contributed by atoms with van der Waals surface area (Å²) in [5.74, 6) is 0. The predicted octanol–water partition coefficient (Wildman–Crippen LogP) is 3.01. The molecule has 0 heterocycles. The average molecular weight is 217 g/mol. The monoisotopic (exact) mass is 216 g/mol. The fraction of sp³-hybridized carbons (Fsp3) is 0.667. The predicted molar refractivity (Wildman–Crippen MR) is 49.8 cm³/mol. The van der Waals surface area contributed by atoms with Crippen molar-refractivity contribution >= 4 is 15.9 Å². The molecule has 0 spiro atoms. The molecule has 1 aliphatic rings. The van der Waals surface area contributed by atoms with Gasteiger partial charge in [0.2, 0.25) is 0 Å². The van der Waals surface area contributed by atoms with Crippen molar-refractivity contribution in [3.05, 3.63) is 18.6 Å². The molecular weight excluding hydrogens is 204 g/mol. The highest BCUT2D eigenvalue weighted by atomic mass is 79.9. The van der Waals surface area contributed by atoms with Crippen LogP contribution in [0.25, 0.3) is 0 Å². The van der Waals surface area contributed by atoms with Gasteiger partial charge < -0.3 is 4.74 Å². The smallest absolute Gasteiger partial charge is 0.125 e. The molecular formula is C9H13BrO. The molecule has 0 aromatic heterocycles. The molecule has 0 amide bonds. The van der Waals surface area contributed by atoms with Gasteiger partial charge in [-0.3, -0.25) is 0 Å². The van der Waals surface area contributed by atoms with E-state index < -0.39 is 0 Å². The van der Waals surface area contributed by atoms with E-state index in [1.807, 2.05) is 0 Å². The van der Waals surface area contributed by atoms with Gasteiger partial charge in [-0.15, -0.1) is 0 Å². The van der Waals surface area contributed by atoms with E-state index in [2.05, 4.69) is 28.2 Å². The third-order valence-corrected chi connectivity index (χ3v) is 3.00. The minimum Gasteiger partial charge on any atom is -0.489 e. The van der Waals surface area contributed by atoms with Gasteiger partial charge in [0.1, 0.15) is 12.4 Å². The number of alkyl halides is 1. The Kier molecular flexibility index (Phi) is 3.74. The van der Waals surface area contributed by atoms with Crippen LogP contribution in [0.5, 0.6) is 0 Å². The Morgan fingerprint density at radius 1 is 1.45 bits per heavy atom. The van der Waals surface area contributed by atoms with Crippen molar-refractivity contribution in [3.8, 4) is 0 Å². The topological polar surface area (TPSA) is 9.23 Å². The molecule has 62 valence electrons. The molecule has 1 fully saturated rings. The van der Waals surface area contributed by atoms with Crippen LogP contribution < -0.4 is 0 Å². The van der Waals surface area contributed by atoms with Gasteiger partial charge in [-0.1, -0.05) is 34.7 Å². The first-order chi connectivity index (χ1) is 5.34. The van der Waals surface area contributed by atoms with E-state index in [4.69, 9.17) is 4.74 Å². The molecule has 0 bridgehead atoms. The van der Waals surface area contributed by atoms with Crippen LogP contribution in [0.2, 0.25) is 0 Å². The zero-order chi connectivity index (χ0) is 8.10. The number of hydrogen-bond acceptors (Lipinski definition) is 1. The fourth-order valence-corrected chi connectivity index (χ4v) is 2.05. The van der Waals surface area contributed by atoms with Crippen molar-refractivity contribution in [1.29, 1.82) is 0 Å². The van der Waals surface area contributed by atoms with Crippen molar-refractivity contribution < 1.29 is 4.74 Å². The Morgan fingerprint density at radius 3 is 2.82 bits per heavy atom. The van der Waals surface area contributed by atoms with Crippen molar-refractivity contribution in [2.45, 2.75) is 36.6 Å². The summed E-state index contributed by atoms with van der Waals surface area (Å²) in [6.45, 7) is 3.45. The van der Waals surface area contributed by atoms with E-state index in [0.29, 0.717) is 10.9 Å². The van der Waals surface area contributed by atoms with E-state index in [-0.39, 0.29) is 0 Å². The Morgan fingerprint density at radius 2 is 2.18 bits per heavy atom. The summed E-state index contributed by atoms with van der Waals surface area (Å²) in [5, 5.41) is 0. The van der Waals surface area contributed by atoms with Crippen LogP contribution in [0.1, 0.15) is 25.7 Å². The van der Waals surface area contributed by atoms with Gasteiger partial charge in [-0.2, -0.15) is 0 Å². The normalized spacial score (nSPS) is 30.6. The Hall–Kier alpha value is -0.200. The van der Waals surface area contributed by atoms with Crippen LogP contribution in [-0.4, -0.2) is 10.9 Å². The van der Waals surface area contributed by atoms with Gasteiger partial charge >= 0.3 is 0 Å². The molecule has 0 aromatic rings. The minimum absolute atomic E-state index is 0.331. The number of hydrogen-bond donors (Lipinski definition) is 0. The second-order valence-corrected chi connectivity index (χ2v) is 3.97. The largest absolute Gasteiger partial charge is 0.489 e. The van der Waals surface area contributed by atoms with Crippen LogP contribution in [0.3, 0.4) is 0 Å². The molecule has 11 heavy (non-hydrogen) atoms. The lowest BCUT2D eigenvalue weighted by Crippen LogP contribution is -2.25. The summed E-state index contributed by atoms with van der Waals surface area (Å²) in [6.07, 6.45) is 6.84. The molecule has 0 radical (unpaired) electrons. The van der Waals surface area contributed by atoms with E-state index in [9.17, 15) is 0 Å². The van der Waals surface area contributed by atoms with Crippen molar-refractivity contribution in [2.75, 3.05) is 0 Å². The summed E-state index contributed by atoms with van der Waals surface area (Å²) in [5.41, 5.74) is 2.62. The zero-order valence-corrected chi connectivity index (χ0v) is 8.14. The first-order valence-corrected chi connectivity index (χ1v) is 4.90. The highest BCUT2D eigenvalue weighted by molar-refractivity contribution is 9.09. The van der Waals surface area contributed by atoms with Gasteiger partial charge in [0.05, 0.1) is 4.83 Å². The quantitative estimate of drug-likeness (QED) is 0.392. The molecule has 1 nitrogen and oxygen atoms in total. The number of halogens is 1. The fourth-order valence-electron chi connectivity index (χ4n) is 1.34. The van der Waals surface area contributed by atoms with Crippen molar-refractivity contribution in [2.24, 2.45) is 0 Å². The molecule has 0 saturated heterocycles. The molecule has 0 aromatic carbocycles. The molecule has 1 rings (SSSR count). The third kappa shape index (κ3) is 2.72. The van der Waals surface area contributed by atoms with Gasteiger partial charge in [0, 0.05) is 0 Å². The third-order valence-electron chi connectivity index (χ3n) is 1.95. The second-order valence-electron chi connectivity index (χ2n) is 2.80. The van der Waals surface area contributed by atoms with E-state index >= 15 is 0 Å². The van der Waals surface area contributed by atoms with E-state index in [0.717, 1.165) is 6.42 Å². The maximum Gasteiger partial charge on any atom is 0.125 e. The summed E-state index contributed by atoms with van der Waals surface area (Å²) in [7, 11) is 0. The zero-order valence-electron chi connectivity index (χ0n) is 6.55. The molecule has 1 aliphatic carbocycles. The first kappa shape index (κ1) is 8.89. The molecule has 0 N–H and O–H groups in total. The molecule has 0 aliphatic heterocycles. The van der Waals surface area contributed by atoms with E-state index in [1.165, 1.54) is 19.3 Å². The van der Waals surface area contributed by atoms with Crippen molar-refractivity contribution in [3.63, 3.8) is 0 Å². The van der Waals surface area contributed by atoms with Crippen LogP contribution >= 0.6 is 15.9 Å². The molecule has 2 heteroatoms.